The first kappa shape index (κ1) is 10.5. The zero-order valence-corrected chi connectivity index (χ0v) is 6.73. The zero-order valence-electron chi connectivity index (χ0n) is 6.73. The summed E-state index contributed by atoms with van der Waals surface area (Å²) in [5, 5.41) is 0. The highest BCUT2D eigenvalue weighted by Crippen LogP contribution is 2.28. The fraction of sp³-hybridized carbons (Fsp3) is 0.800. The van der Waals surface area contributed by atoms with Crippen LogP contribution in [-0.2, 0) is 4.74 Å². The van der Waals surface area contributed by atoms with Crippen LogP contribution in [0.2, 0.25) is 0 Å². The first-order valence-electron chi connectivity index (χ1n) is 4.07. The Morgan fingerprint density at radius 1 is 1.27 bits per heavy atom. The molecule has 0 saturated heterocycles. The Morgan fingerprint density at radius 3 is 2.27 bits per heavy atom. The summed E-state index contributed by atoms with van der Waals surface area (Å²) in [6.07, 6.45) is 6.67. The van der Waals surface area contributed by atoms with Gasteiger partial charge in [-0.2, -0.15) is 0 Å². The van der Waals surface area contributed by atoms with Crippen LogP contribution in [0, 0.1) is 5.92 Å². The molecule has 0 aromatic rings. The Hall–Kier alpha value is -0.460. The molecule has 1 heteroatoms. The Bertz CT molecular complexity index is 112. The molecule has 1 nitrogen and oxygen atoms in total. The minimum absolute atomic E-state index is 0. The molecule has 0 heterocycles. The van der Waals surface area contributed by atoms with E-state index in [1.165, 1.54) is 32.1 Å². The van der Waals surface area contributed by atoms with Crippen LogP contribution in [0.4, 0.5) is 0 Å². The minimum Gasteiger partial charge on any atom is -0.501 e. The van der Waals surface area contributed by atoms with Crippen LogP contribution in [0.15, 0.2) is 12.3 Å². The van der Waals surface area contributed by atoms with E-state index in [0.29, 0.717) is 5.92 Å². The molecule has 1 fully saturated rings. The van der Waals surface area contributed by atoms with Crippen molar-refractivity contribution in [3.8, 4) is 0 Å². The van der Waals surface area contributed by atoms with E-state index >= 15 is 0 Å². The second-order valence-electron chi connectivity index (χ2n) is 3.01. The summed E-state index contributed by atoms with van der Waals surface area (Å²) in [7, 11) is 1.72. The van der Waals surface area contributed by atoms with E-state index in [1.807, 2.05) is 0 Å². The Balaban J connectivity index is 0.000001000. The highest BCUT2D eigenvalue weighted by atomic mass is 16.5. The molecule has 1 aliphatic carbocycles. The van der Waals surface area contributed by atoms with Crippen molar-refractivity contribution in [2.24, 2.45) is 5.92 Å². The molecule has 0 atom stereocenters. The molecule has 0 spiro atoms. The molecule has 0 N–H and O–H groups in total. The molecule has 1 saturated carbocycles. The van der Waals surface area contributed by atoms with E-state index in [1.54, 1.807) is 7.11 Å². The van der Waals surface area contributed by atoms with Gasteiger partial charge in [0.2, 0.25) is 0 Å². The summed E-state index contributed by atoms with van der Waals surface area (Å²) >= 11 is 0. The number of hydrogen-bond acceptors (Lipinski definition) is 1. The van der Waals surface area contributed by atoms with Gasteiger partial charge in [-0.3, -0.25) is 0 Å². The van der Waals surface area contributed by atoms with E-state index in [0.717, 1.165) is 5.76 Å². The number of rotatable bonds is 2. The highest BCUT2D eigenvalue weighted by Gasteiger charge is 2.16. The lowest BCUT2D eigenvalue weighted by atomic mass is 9.88. The highest BCUT2D eigenvalue weighted by molar-refractivity contribution is 4.91. The fourth-order valence-corrected chi connectivity index (χ4v) is 1.59. The maximum atomic E-state index is 5.10. The summed E-state index contributed by atoms with van der Waals surface area (Å²) in [6.45, 7) is 3.87. The third-order valence-electron chi connectivity index (χ3n) is 2.32. The van der Waals surface area contributed by atoms with E-state index < -0.39 is 0 Å². The van der Waals surface area contributed by atoms with Crippen molar-refractivity contribution in [1.29, 1.82) is 0 Å². The van der Waals surface area contributed by atoms with Gasteiger partial charge in [0.25, 0.3) is 0 Å². The molecule has 0 aromatic carbocycles. The number of allylic oxidation sites excluding steroid dienone is 1. The van der Waals surface area contributed by atoms with Crippen LogP contribution in [0.3, 0.4) is 0 Å². The van der Waals surface area contributed by atoms with E-state index in [2.05, 4.69) is 6.58 Å². The predicted octanol–water partition coefficient (Wildman–Crippen LogP) is 3.36. The SMILES string of the molecule is C.C=C(OC)C1CCCCC1. The minimum atomic E-state index is 0. The normalized spacial score (nSPS) is 18.6. The molecule has 0 radical (unpaired) electrons. The number of hydrogen-bond donors (Lipinski definition) is 0. The van der Waals surface area contributed by atoms with Crippen LogP contribution in [-0.4, -0.2) is 7.11 Å². The Labute approximate surface area is 70.4 Å². The largest absolute Gasteiger partial charge is 0.501 e. The van der Waals surface area contributed by atoms with Crippen LogP contribution < -0.4 is 0 Å². The third kappa shape index (κ3) is 2.96. The predicted molar refractivity (Wildman–Crippen MR) is 49.5 cm³/mol. The summed E-state index contributed by atoms with van der Waals surface area (Å²) in [5.74, 6) is 1.64. The maximum absolute atomic E-state index is 5.10. The van der Waals surface area contributed by atoms with Gasteiger partial charge in [-0.05, 0) is 12.8 Å². The summed E-state index contributed by atoms with van der Waals surface area (Å²) in [6, 6.07) is 0. The lowest BCUT2D eigenvalue weighted by molar-refractivity contribution is 0.215. The number of methoxy groups -OCH3 is 1. The molecule has 0 amide bonds. The number of ether oxygens (including phenoxy) is 1. The lowest BCUT2D eigenvalue weighted by Gasteiger charge is -2.22. The Kier molecular flexibility index (Phi) is 5.01. The van der Waals surface area contributed by atoms with Crippen molar-refractivity contribution >= 4 is 0 Å². The van der Waals surface area contributed by atoms with Crippen molar-refractivity contribution in [3.63, 3.8) is 0 Å². The molecule has 1 aliphatic rings. The molecule has 0 unspecified atom stereocenters. The molecular weight excluding hydrogens is 136 g/mol. The average molecular weight is 156 g/mol. The van der Waals surface area contributed by atoms with Gasteiger partial charge < -0.3 is 4.74 Å². The van der Waals surface area contributed by atoms with Gasteiger partial charge >= 0.3 is 0 Å². The monoisotopic (exact) mass is 156 g/mol. The summed E-state index contributed by atoms with van der Waals surface area (Å²) in [5.41, 5.74) is 0. The van der Waals surface area contributed by atoms with Crippen molar-refractivity contribution < 1.29 is 4.74 Å². The van der Waals surface area contributed by atoms with Gasteiger partial charge in [-0.25, -0.2) is 0 Å². The van der Waals surface area contributed by atoms with Gasteiger partial charge in [-0.1, -0.05) is 33.3 Å². The molecule has 1 rings (SSSR count). The maximum Gasteiger partial charge on any atom is 0.0914 e. The molecule has 66 valence electrons. The second kappa shape index (κ2) is 5.22. The third-order valence-corrected chi connectivity index (χ3v) is 2.32. The van der Waals surface area contributed by atoms with Gasteiger partial charge in [0.15, 0.2) is 0 Å². The van der Waals surface area contributed by atoms with Crippen LogP contribution >= 0.6 is 0 Å². The standard InChI is InChI=1S/C9H16O.CH4/c1-8(10-2)9-6-4-3-5-7-9;/h9H,1,3-7H2,2H3;1H4. The van der Waals surface area contributed by atoms with Crippen molar-refractivity contribution in [1.82, 2.24) is 0 Å². The van der Waals surface area contributed by atoms with Crippen LogP contribution in [0.25, 0.3) is 0 Å². The van der Waals surface area contributed by atoms with E-state index in [9.17, 15) is 0 Å². The second-order valence-corrected chi connectivity index (χ2v) is 3.01. The van der Waals surface area contributed by atoms with E-state index in [-0.39, 0.29) is 7.43 Å². The fourth-order valence-electron chi connectivity index (χ4n) is 1.59. The lowest BCUT2D eigenvalue weighted by Crippen LogP contribution is -2.09. The van der Waals surface area contributed by atoms with E-state index in [4.69, 9.17) is 4.74 Å². The summed E-state index contributed by atoms with van der Waals surface area (Å²) < 4.78 is 5.10. The van der Waals surface area contributed by atoms with Gasteiger partial charge in [0, 0.05) is 5.92 Å². The molecule has 11 heavy (non-hydrogen) atoms. The molecule has 0 aliphatic heterocycles. The van der Waals surface area contributed by atoms with Crippen molar-refractivity contribution in [2.75, 3.05) is 7.11 Å². The van der Waals surface area contributed by atoms with Crippen LogP contribution in [0.5, 0.6) is 0 Å². The Morgan fingerprint density at radius 2 is 1.82 bits per heavy atom. The molecular formula is C10H20O. The zero-order chi connectivity index (χ0) is 7.40. The van der Waals surface area contributed by atoms with Gasteiger partial charge in [-0.15, -0.1) is 0 Å². The topological polar surface area (TPSA) is 9.23 Å². The first-order valence-corrected chi connectivity index (χ1v) is 4.07. The van der Waals surface area contributed by atoms with Gasteiger partial charge in [0.1, 0.15) is 0 Å². The average Bonchev–Trinajstić information content (AvgIpc) is 2.05. The van der Waals surface area contributed by atoms with Gasteiger partial charge in [0.05, 0.1) is 12.9 Å². The molecule has 0 aromatic heterocycles. The smallest absolute Gasteiger partial charge is 0.0914 e. The molecule has 0 bridgehead atoms. The first-order chi connectivity index (χ1) is 4.84. The quantitative estimate of drug-likeness (QED) is 0.557. The van der Waals surface area contributed by atoms with Crippen molar-refractivity contribution in [2.45, 2.75) is 39.5 Å². The van der Waals surface area contributed by atoms with Crippen LogP contribution in [0.1, 0.15) is 39.5 Å². The van der Waals surface area contributed by atoms with Crippen molar-refractivity contribution in [3.05, 3.63) is 12.3 Å². The summed E-state index contributed by atoms with van der Waals surface area (Å²) in [4.78, 5) is 0.